The van der Waals surface area contributed by atoms with Crippen molar-refractivity contribution in [1.29, 1.82) is 0 Å². The van der Waals surface area contributed by atoms with Crippen molar-refractivity contribution in [3.63, 3.8) is 0 Å². The first-order valence-corrected chi connectivity index (χ1v) is 4.23. The third-order valence-electron chi connectivity index (χ3n) is 1.93. The Labute approximate surface area is 85.4 Å². The summed E-state index contributed by atoms with van der Waals surface area (Å²) in [4.78, 5) is 14.7. The zero-order valence-electron chi connectivity index (χ0n) is 7.93. The monoisotopic (exact) mass is 207 g/mol. The molecule has 15 heavy (non-hydrogen) atoms. The molecule has 0 aromatic carbocycles. The summed E-state index contributed by atoms with van der Waals surface area (Å²) in [7, 11) is 0. The average molecular weight is 207 g/mol. The summed E-state index contributed by atoms with van der Waals surface area (Å²) < 4.78 is 0. The number of nitrogens with one attached hydrogen (secondary N) is 2. The van der Waals surface area contributed by atoms with Gasteiger partial charge in [-0.25, -0.2) is 20.3 Å². The molecule has 1 aromatic heterocycles. The highest BCUT2D eigenvalue weighted by molar-refractivity contribution is 6.01. The van der Waals surface area contributed by atoms with Crippen molar-refractivity contribution in [2.75, 3.05) is 5.01 Å². The topological polar surface area (TPSA) is 89.9 Å². The minimum Gasteiger partial charge on any atom is -0.476 e. The van der Waals surface area contributed by atoms with Crippen molar-refractivity contribution in [2.45, 2.75) is 6.92 Å². The van der Waals surface area contributed by atoms with Crippen LogP contribution in [0.2, 0.25) is 0 Å². The third-order valence-corrected chi connectivity index (χ3v) is 1.93. The maximum Gasteiger partial charge on any atom is 0.356 e. The standard InChI is InChI=1S/C8H9N5O2/c1-5-10-11-12-13(5)6-3-2-4-9-7(6)8(14)15/h2-4,11-12H,1H3,(H,14,15). The van der Waals surface area contributed by atoms with Crippen LogP contribution in [0.25, 0.3) is 0 Å². The van der Waals surface area contributed by atoms with Gasteiger partial charge in [0.25, 0.3) is 0 Å². The van der Waals surface area contributed by atoms with Crippen molar-refractivity contribution in [3.05, 3.63) is 24.0 Å². The molecule has 1 aliphatic heterocycles. The van der Waals surface area contributed by atoms with Gasteiger partial charge in [-0.05, 0) is 19.1 Å². The number of hydrogen-bond acceptors (Lipinski definition) is 6. The molecule has 0 aliphatic carbocycles. The predicted octanol–water partition coefficient (Wildman–Crippen LogP) is -0.0576. The average Bonchev–Trinajstić information content (AvgIpc) is 2.64. The van der Waals surface area contributed by atoms with Gasteiger partial charge < -0.3 is 5.11 Å². The smallest absolute Gasteiger partial charge is 0.356 e. The van der Waals surface area contributed by atoms with Gasteiger partial charge in [0, 0.05) is 6.20 Å². The molecule has 0 fully saturated rings. The number of rotatable bonds is 2. The summed E-state index contributed by atoms with van der Waals surface area (Å²) in [6.07, 6.45) is 1.43. The van der Waals surface area contributed by atoms with Crippen LogP contribution in [-0.4, -0.2) is 21.9 Å². The number of carboxylic acid groups (broad SMARTS) is 1. The molecule has 0 saturated carbocycles. The molecule has 0 saturated heterocycles. The number of pyridine rings is 1. The number of anilines is 1. The van der Waals surface area contributed by atoms with E-state index in [0.717, 1.165) is 0 Å². The largest absolute Gasteiger partial charge is 0.476 e. The normalized spacial score (nSPS) is 14.7. The molecule has 0 bridgehead atoms. The highest BCUT2D eigenvalue weighted by atomic mass is 16.4. The molecule has 0 amide bonds. The molecule has 0 atom stereocenters. The Morgan fingerprint density at radius 3 is 3.00 bits per heavy atom. The summed E-state index contributed by atoms with van der Waals surface area (Å²) in [6, 6.07) is 3.31. The first kappa shape index (κ1) is 9.41. The zero-order chi connectivity index (χ0) is 10.8. The summed E-state index contributed by atoms with van der Waals surface area (Å²) in [5, 5.41) is 14.3. The number of amidine groups is 1. The second-order valence-corrected chi connectivity index (χ2v) is 2.89. The van der Waals surface area contributed by atoms with Crippen LogP contribution in [-0.2, 0) is 0 Å². The molecule has 1 aromatic rings. The third kappa shape index (κ3) is 1.59. The first-order valence-electron chi connectivity index (χ1n) is 4.23. The molecule has 78 valence electrons. The molecule has 2 rings (SSSR count). The Kier molecular flexibility index (Phi) is 2.22. The fourth-order valence-electron chi connectivity index (χ4n) is 1.26. The number of carbonyl (C=O) groups is 1. The first-order chi connectivity index (χ1) is 7.20. The molecule has 0 radical (unpaired) electrons. The Morgan fingerprint density at radius 2 is 2.40 bits per heavy atom. The lowest BCUT2D eigenvalue weighted by molar-refractivity contribution is 0.0691. The van der Waals surface area contributed by atoms with Crippen LogP contribution in [0.4, 0.5) is 5.69 Å². The number of hydrazone groups is 1. The lowest BCUT2D eigenvalue weighted by atomic mass is 10.3. The second kappa shape index (κ2) is 3.54. The van der Waals surface area contributed by atoms with Crippen LogP contribution in [0, 0.1) is 0 Å². The summed E-state index contributed by atoms with van der Waals surface area (Å²) in [5.41, 5.74) is 5.64. The molecule has 2 heterocycles. The lowest BCUT2D eigenvalue weighted by Crippen LogP contribution is -2.41. The van der Waals surface area contributed by atoms with Crippen molar-refractivity contribution in [2.24, 2.45) is 5.10 Å². The SMILES string of the molecule is CC1=NNNN1c1cccnc1C(=O)O. The fraction of sp³-hybridized carbons (Fsp3) is 0.125. The van der Waals surface area contributed by atoms with E-state index in [9.17, 15) is 4.79 Å². The van der Waals surface area contributed by atoms with E-state index in [-0.39, 0.29) is 5.69 Å². The fourth-order valence-corrected chi connectivity index (χ4v) is 1.26. The molecule has 0 spiro atoms. The van der Waals surface area contributed by atoms with Gasteiger partial charge >= 0.3 is 5.97 Å². The van der Waals surface area contributed by atoms with Crippen molar-refractivity contribution in [1.82, 2.24) is 16.1 Å². The van der Waals surface area contributed by atoms with Gasteiger partial charge in [0.05, 0.1) is 5.69 Å². The summed E-state index contributed by atoms with van der Waals surface area (Å²) >= 11 is 0. The van der Waals surface area contributed by atoms with E-state index in [0.29, 0.717) is 11.5 Å². The Hall–Kier alpha value is -2.15. The predicted molar refractivity (Wildman–Crippen MR) is 53.1 cm³/mol. The molecular weight excluding hydrogens is 198 g/mol. The summed E-state index contributed by atoms with van der Waals surface area (Å²) in [6.45, 7) is 1.74. The minimum atomic E-state index is -1.08. The van der Waals surface area contributed by atoms with Crippen LogP contribution in [0.1, 0.15) is 17.4 Å². The maximum absolute atomic E-state index is 10.9. The molecule has 7 nitrogen and oxygen atoms in total. The number of carboxylic acids is 1. The van der Waals surface area contributed by atoms with Gasteiger partial charge in [0.2, 0.25) is 0 Å². The Morgan fingerprint density at radius 1 is 1.60 bits per heavy atom. The van der Waals surface area contributed by atoms with Gasteiger partial charge in [0.1, 0.15) is 5.84 Å². The maximum atomic E-state index is 10.9. The second-order valence-electron chi connectivity index (χ2n) is 2.89. The van der Waals surface area contributed by atoms with Gasteiger partial charge in [-0.15, -0.1) is 10.6 Å². The quantitative estimate of drug-likeness (QED) is 0.629. The van der Waals surface area contributed by atoms with Crippen molar-refractivity contribution >= 4 is 17.5 Å². The molecule has 1 aliphatic rings. The van der Waals surface area contributed by atoms with E-state index in [1.165, 1.54) is 11.2 Å². The minimum absolute atomic E-state index is 0.0248. The number of hydrogen-bond donors (Lipinski definition) is 3. The van der Waals surface area contributed by atoms with E-state index in [2.05, 4.69) is 21.2 Å². The number of aromatic carboxylic acids is 1. The van der Waals surface area contributed by atoms with Crippen LogP contribution < -0.4 is 16.1 Å². The van der Waals surface area contributed by atoms with Gasteiger partial charge in [-0.1, -0.05) is 0 Å². The molecular formula is C8H9N5O2. The summed E-state index contributed by atoms with van der Waals surface area (Å²) in [5.74, 6) is -0.461. The van der Waals surface area contributed by atoms with E-state index in [1.54, 1.807) is 19.1 Å². The lowest BCUT2D eigenvalue weighted by Gasteiger charge is -2.17. The molecule has 3 N–H and O–H groups in total. The van der Waals surface area contributed by atoms with Gasteiger partial charge in [-0.2, -0.15) is 0 Å². The number of aromatic nitrogens is 1. The highest BCUT2D eigenvalue weighted by Gasteiger charge is 2.21. The zero-order valence-corrected chi connectivity index (χ0v) is 7.93. The van der Waals surface area contributed by atoms with Gasteiger partial charge in [-0.3, -0.25) is 0 Å². The van der Waals surface area contributed by atoms with E-state index in [4.69, 9.17) is 5.11 Å². The van der Waals surface area contributed by atoms with E-state index >= 15 is 0 Å². The van der Waals surface area contributed by atoms with Crippen molar-refractivity contribution in [3.8, 4) is 0 Å². The van der Waals surface area contributed by atoms with Crippen molar-refractivity contribution < 1.29 is 9.90 Å². The molecule has 0 unspecified atom stereocenters. The molecule has 7 heteroatoms. The van der Waals surface area contributed by atoms with Crippen LogP contribution in [0.5, 0.6) is 0 Å². The van der Waals surface area contributed by atoms with Crippen LogP contribution in [0.15, 0.2) is 23.4 Å². The Balaban J connectivity index is 2.43. The van der Waals surface area contributed by atoms with Gasteiger partial charge in [0.15, 0.2) is 5.69 Å². The Bertz CT molecular complexity index is 431. The van der Waals surface area contributed by atoms with Crippen LogP contribution >= 0.6 is 0 Å². The van der Waals surface area contributed by atoms with E-state index < -0.39 is 5.97 Å². The number of nitrogens with zero attached hydrogens (tertiary/aromatic N) is 3. The van der Waals surface area contributed by atoms with E-state index in [1.807, 2.05) is 0 Å². The number of hydrazine groups is 2. The van der Waals surface area contributed by atoms with Crippen LogP contribution in [0.3, 0.4) is 0 Å². The highest BCUT2D eigenvalue weighted by Crippen LogP contribution is 2.17.